The molecule has 5 heteroatoms. The molecule has 0 aromatic rings. The molecule has 112 valence electrons. The number of nitrogens with one attached hydrogen (secondary N) is 2. The first-order valence-electron chi connectivity index (χ1n) is 7.25. The summed E-state index contributed by atoms with van der Waals surface area (Å²) in [6.45, 7) is 9.35. The van der Waals surface area contributed by atoms with Crippen LogP contribution in [-0.4, -0.2) is 55.9 Å². The Balaban J connectivity index is 2.08. The lowest BCUT2D eigenvalue weighted by molar-refractivity contribution is 0.0528. The zero-order valence-corrected chi connectivity index (χ0v) is 12.8. The van der Waals surface area contributed by atoms with Crippen LogP contribution in [0.2, 0.25) is 0 Å². The van der Waals surface area contributed by atoms with Gasteiger partial charge in [-0.2, -0.15) is 0 Å². The second-order valence-electron chi connectivity index (χ2n) is 6.31. The van der Waals surface area contributed by atoms with E-state index < -0.39 is 5.60 Å². The highest BCUT2D eigenvalue weighted by molar-refractivity contribution is 5.67. The second kappa shape index (κ2) is 7.70. The fourth-order valence-corrected chi connectivity index (χ4v) is 2.20. The van der Waals surface area contributed by atoms with Gasteiger partial charge in [-0.05, 0) is 60.2 Å². The molecule has 1 aliphatic rings. The first kappa shape index (κ1) is 16.2. The normalized spacial score (nSPS) is 21.8. The predicted octanol–water partition coefficient (Wildman–Crippen LogP) is 1.58. The Morgan fingerprint density at radius 3 is 2.68 bits per heavy atom. The van der Waals surface area contributed by atoms with Crippen molar-refractivity contribution < 1.29 is 9.53 Å². The molecule has 5 nitrogen and oxygen atoms in total. The Morgan fingerprint density at radius 1 is 1.26 bits per heavy atom. The molecule has 1 aliphatic heterocycles. The lowest BCUT2D eigenvalue weighted by atomic mass is 10.1. The van der Waals surface area contributed by atoms with E-state index in [9.17, 15) is 4.79 Å². The van der Waals surface area contributed by atoms with Crippen molar-refractivity contribution >= 4 is 6.09 Å². The first-order chi connectivity index (χ1) is 8.87. The van der Waals surface area contributed by atoms with Crippen molar-refractivity contribution in [2.24, 2.45) is 0 Å². The highest BCUT2D eigenvalue weighted by atomic mass is 16.6. The van der Waals surface area contributed by atoms with Gasteiger partial charge < -0.3 is 20.3 Å². The quantitative estimate of drug-likeness (QED) is 0.762. The first-order valence-corrected chi connectivity index (χ1v) is 7.25. The smallest absolute Gasteiger partial charge is 0.407 e. The lowest BCUT2D eigenvalue weighted by Gasteiger charge is -2.20. The van der Waals surface area contributed by atoms with Crippen LogP contribution < -0.4 is 10.6 Å². The average Bonchev–Trinajstić information content (AvgIpc) is 2.47. The number of carbonyl (C=O) groups is 1. The van der Waals surface area contributed by atoms with Gasteiger partial charge in [0.2, 0.25) is 0 Å². The Morgan fingerprint density at radius 2 is 2.00 bits per heavy atom. The molecule has 1 heterocycles. The molecule has 0 aromatic heterocycles. The topological polar surface area (TPSA) is 53.6 Å². The molecule has 1 rings (SSSR count). The maximum Gasteiger partial charge on any atom is 0.407 e. The summed E-state index contributed by atoms with van der Waals surface area (Å²) < 4.78 is 5.18. The number of amides is 1. The number of ether oxygens (including phenoxy) is 1. The molecule has 0 radical (unpaired) electrons. The molecule has 0 aliphatic carbocycles. The van der Waals surface area contributed by atoms with E-state index in [-0.39, 0.29) is 6.09 Å². The third-order valence-corrected chi connectivity index (χ3v) is 3.18. The third-order valence-electron chi connectivity index (χ3n) is 3.18. The van der Waals surface area contributed by atoms with Crippen molar-refractivity contribution in [3.63, 3.8) is 0 Å². The molecule has 0 aromatic carbocycles. The number of hydrogen-bond acceptors (Lipinski definition) is 4. The van der Waals surface area contributed by atoms with Crippen LogP contribution in [0, 0.1) is 0 Å². The van der Waals surface area contributed by atoms with Crippen LogP contribution >= 0.6 is 0 Å². The summed E-state index contributed by atoms with van der Waals surface area (Å²) in [4.78, 5) is 13.8. The van der Waals surface area contributed by atoms with Gasteiger partial charge in [-0.15, -0.1) is 0 Å². The summed E-state index contributed by atoms with van der Waals surface area (Å²) in [5.74, 6) is 0. The summed E-state index contributed by atoms with van der Waals surface area (Å²) in [7, 11) is 2.17. The average molecular weight is 271 g/mol. The third kappa shape index (κ3) is 8.06. The van der Waals surface area contributed by atoms with Crippen LogP contribution in [0.15, 0.2) is 0 Å². The zero-order chi connectivity index (χ0) is 14.3. The van der Waals surface area contributed by atoms with Gasteiger partial charge in [0.15, 0.2) is 0 Å². The van der Waals surface area contributed by atoms with E-state index in [1.54, 1.807) is 0 Å². The maximum atomic E-state index is 11.4. The Labute approximate surface area is 117 Å². The van der Waals surface area contributed by atoms with Crippen LogP contribution in [-0.2, 0) is 4.74 Å². The molecule has 1 amide bonds. The Bertz CT molecular complexity index is 276. The van der Waals surface area contributed by atoms with Crippen molar-refractivity contribution in [1.29, 1.82) is 0 Å². The molecule has 19 heavy (non-hydrogen) atoms. The van der Waals surface area contributed by atoms with Gasteiger partial charge in [0.1, 0.15) is 5.60 Å². The Kier molecular flexibility index (Phi) is 6.58. The van der Waals surface area contributed by atoms with Crippen molar-refractivity contribution in [3.05, 3.63) is 0 Å². The molecule has 1 saturated heterocycles. The van der Waals surface area contributed by atoms with Crippen molar-refractivity contribution in [2.45, 2.75) is 51.7 Å². The largest absolute Gasteiger partial charge is 0.444 e. The van der Waals surface area contributed by atoms with E-state index in [0.717, 1.165) is 13.1 Å². The molecule has 0 bridgehead atoms. The second-order valence-corrected chi connectivity index (χ2v) is 6.31. The fourth-order valence-electron chi connectivity index (χ4n) is 2.20. The van der Waals surface area contributed by atoms with E-state index in [4.69, 9.17) is 4.74 Å². The number of hydrogen-bond donors (Lipinski definition) is 2. The lowest BCUT2D eigenvalue weighted by Crippen LogP contribution is -2.39. The number of alkyl carbamates (subject to hydrolysis) is 1. The number of rotatable bonds is 4. The molecule has 2 N–H and O–H groups in total. The summed E-state index contributed by atoms with van der Waals surface area (Å²) in [5, 5.41) is 6.27. The Hall–Kier alpha value is -0.810. The molecule has 1 atom stereocenters. The van der Waals surface area contributed by atoms with Crippen LogP contribution in [0.25, 0.3) is 0 Å². The van der Waals surface area contributed by atoms with E-state index in [0.29, 0.717) is 12.6 Å². The van der Waals surface area contributed by atoms with Crippen molar-refractivity contribution in [1.82, 2.24) is 15.5 Å². The molecule has 0 spiro atoms. The van der Waals surface area contributed by atoms with E-state index in [1.807, 2.05) is 20.8 Å². The summed E-state index contributed by atoms with van der Waals surface area (Å²) >= 11 is 0. The molecule has 1 unspecified atom stereocenters. The number of likely N-dealkylation sites (tertiary alicyclic amines) is 1. The van der Waals surface area contributed by atoms with Crippen LogP contribution in [0.3, 0.4) is 0 Å². The van der Waals surface area contributed by atoms with Crippen molar-refractivity contribution in [2.75, 3.05) is 33.2 Å². The predicted molar refractivity (Wildman–Crippen MR) is 77.4 cm³/mol. The van der Waals surface area contributed by atoms with E-state index in [1.165, 1.54) is 25.8 Å². The highest BCUT2D eigenvalue weighted by Crippen LogP contribution is 2.09. The molecule has 1 fully saturated rings. The SMILES string of the molecule is CN1CCCC(NCCNC(=O)OC(C)(C)C)CC1. The maximum absolute atomic E-state index is 11.4. The van der Waals surface area contributed by atoms with Crippen molar-refractivity contribution in [3.8, 4) is 0 Å². The van der Waals surface area contributed by atoms with E-state index >= 15 is 0 Å². The summed E-state index contributed by atoms with van der Waals surface area (Å²) in [6.07, 6.45) is 3.31. The minimum Gasteiger partial charge on any atom is -0.444 e. The molecular formula is C14H29N3O2. The monoisotopic (exact) mass is 271 g/mol. The van der Waals surface area contributed by atoms with Crippen LogP contribution in [0.1, 0.15) is 40.0 Å². The minimum absolute atomic E-state index is 0.338. The minimum atomic E-state index is -0.427. The van der Waals surface area contributed by atoms with Gasteiger partial charge in [-0.25, -0.2) is 4.79 Å². The van der Waals surface area contributed by atoms with Gasteiger partial charge in [0.05, 0.1) is 0 Å². The standard InChI is InChI=1S/C14H29N3O2/c1-14(2,3)19-13(18)16-9-8-15-12-6-5-10-17(4)11-7-12/h12,15H,5-11H2,1-4H3,(H,16,18). The van der Waals surface area contributed by atoms with Gasteiger partial charge in [-0.1, -0.05) is 0 Å². The number of nitrogens with zero attached hydrogens (tertiary/aromatic N) is 1. The van der Waals surface area contributed by atoms with Gasteiger partial charge in [-0.3, -0.25) is 0 Å². The zero-order valence-electron chi connectivity index (χ0n) is 12.8. The van der Waals surface area contributed by atoms with Crippen LogP contribution in [0.4, 0.5) is 4.79 Å². The summed E-state index contributed by atoms with van der Waals surface area (Å²) in [6, 6.07) is 0.574. The van der Waals surface area contributed by atoms with Gasteiger partial charge in [0.25, 0.3) is 0 Å². The molecular weight excluding hydrogens is 242 g/mol. The summed E-state index contributed by atoms with van der Waals surface area (Å²) in [5.41, 5.74) is -0.427. The highest BCUT2D eigenvalue weighted by Gasteiger charge is 2.16. The fraction of sp³-hybridized carbons (Fsp3) is 0.929. The van der Waals surface area contributed by atoms with Crippen LogP contribution in [0.5, 0.6) is 0 Å². The van der Waals surface area contributed by atoms with Gasteiger partial charge in [0, 0.05) is 19.1 Å². The van der Waals surface area contributed by atoms with E-state index in [2.05, 4.69) is 22.6 Å². The van der Waals surface area contributed by atoms with Gasteiger partial charge >= 0.3 is 6.09 Å². The number of carbonyl (C=O) groups excluding carboxylic acids is 1. The molecule has 0 saturated carbocycles.